The smallest absolute Gasteiger partial charge is 0.387 e. The van der Waals surface area contributed by atoms with Crippen LogP contribution in [0.3, 0.4) is 0 Å². The van der Waals surface area contributed by atoms with Crippen LogP contribution in [0, 0.1) is 11.6 Å². The number of anilines is 1. The highest BCUT2D eigenvalue weighted by molar-refractivity contribution is 9.10. The van der Waals surface area contributed by atoms with Crippen LogP contribution < -0.4 is 14.8 Å². The summed E-state index contributed by atoms with van der Waals surface area (Å²) in [6.45, 7) is -3.86. The van der Waals surface area contributed by atoms with Crippen LogP contribution >= 0.6 is 15.9 Å². The van der Waals surface area contributed by atoms with Gasteiger partial charge in [0.05, 0.1) is 18.4 Å². The summed E-state index contributed by atoms with van der Waals surface area (Å²) in [5.41, 5.74) is -0.418. The van der Waals surface area contributed by atoms with E-state index >= 15 is 0 Å². The van der Waals surface area contributed by atoms with Crippen molar-refractivity contribution in [2.45, 2.75) is 6.61 Å². The Hall–Kier alpha value is -2.82. The summed E-state index contributed by atoms with van der Waals surface area (Å²) in [6, 6.07) is 4.82. The molecule has 0 fully saturated rings. The van der Waals surface area contributed by atoms with Gasteiger partial charge in [0.2, 0.25) is 0 Å². The summed E-state index contributed by atoms with van der Waals surface area (Å²) < 4.78 is 65.1. The number of carbonyl (C=O) groups excluding carboxylic acids is 2. The van der Waals surface area contributed by atoms with E-state index in [-0.39, 0.29) is 27.2 Å². The standard InChI is InChI=1S/C17H12BrF4NO5/c1-26-13-4-8(2-3-12(13)28-17(21)22)16(25)27-7-14(24)23-15-10(18)5-9(19)6-11(15)20/h2-6,17H,7H2,1H3,(H,23,24). The molecule has 0 saturated heterocycles. The lowest BCUT2D eigenvalue weighted by Crippen LogP contribution is -2.21. The normalized spacial score (nSPS) is 10.5. The van der Waals surface area contributed by atoms with Crippen LogP contribution in [0.2, 0.25) is 0 Å². The summed E-state index contributed by atoms with van der Waals surface area (Å²) in [5, 5.41) is 2.13. The highest BCUT2D eigenvalue weighted by Crippen LogP contribution is 2.30. The predicted octanol–water partition coefficient (Wildman–Crippen LogP) is 4.13. The Morgan fingerprint density at radius 3 is 2.46 bits per heavy atom. The van der Waals surface area contributed by atoms with Crippen molar-refractivity contribution in [3.8, 4) is 11.5 Å². The van der Waals surface area contributed by atoms with Gasteiger partial charge in [0.15, 0.2) is 23.9 Å². The van der Waals surface area contributed by atoms with Crippen molar-refractivity contribution in [1.82, 2.24) is 0 Å². The van der Waals surface area contributed by atoms with Crippen LogP contribution in [-0.2, 0) is 9.53 Å². The number of hydrogen-bond donors (Lipinski definition) is 1. The molecule has 0 saturated carbocycles. The molecule has 1 N–H and O–H groups in total. The number of carbonyl (C=O) groups is 2. The third-order valence-electron chi connectivity index (χ3n) is 3.22. The summed E-state index contributed by atoms with van der Waals surface area (Å²) in [5.74, 6) is -4.15. The number of rotatable bonds is 7. The maximum absolute atomic E-state index is 13.7. The van der Waals surface area contributed by atoms with Crippen LogP contribution in [0.5, 0.6) is 11.5 Å². The second-order valence-electron chi connectivity index (χ2n) is 5.11. The molecule has 0 atom stereocenters. The Kier molecular flexibility index (Phi) is 7.21. The molecule has 0 aliphatic carbocycles. The lowest BCUT2D eigenvalue weighted by molar-refractivity contribution is -0.119. The first-order valence-electron chi connectivity index (χ1n) is 7.45. The van der Waals surface area contributed by atoms with Crippen molar-refractivity contribution in [2.24, 2.45) is 0 Å². The van der Waals surface area contributed by atoms with Gasteiger partial charge in [-0.25, -0.2) is 13.6 Å². The number of amides is 1. The number of benzene rings is 2. The molecule has 1 amide bonds. The van der Waals surface area contributed by atoms with Gasteiger partial charge in [0, 0.05) is 10.5 Å². The van der Waals surface area contributed by atoms with Gasteiger partial charge in [0.25, 0.3) is 5.91 Å². The molecule has 2 aromatic carbocycles. The number of ether oxygens (including phenoxy) is 3. The summed E-state index contributed by atoms with van der Waals surface area (Å²) in [6.07, 6.45) is 0. The molecule has 0 bridgehead atoms. The fraction of sp³-hybridized carbons (Fsp3) is 0.176. The summed E-state index contributed by atoms with van der Waals surface area (Å²) >= 11 is 2.90. The van der Waals surface area contributed by atoms with E-state index in [1.165, 1.54) is 7.11 Å². The molecule has 0 radical (unpaired) electrons. The molecular weight excluding hydrogens is 454 g/mol. The first kappa shape index (κ1) is 21.5. The topological polar surface area (TPSA) is 73.9 Å². The number of esters is 1. The second kappa shape index (κ2) is 9.40. The third-order valence-corrected chi connectivity index (χ3v) is 3.85. The van der Waals surface area contributed by atoms with Crippen molar-refractivity contribution < 1.29 is 41.4 Å². The van der Waals surface area contributed by atoms with Gasteiger partial charge < -0.3 is 19.5 Å². The van der Waals surface area contributed by atoms with E-state index in [0.29, 0.717) is 6.07 Å². The fourth-order valence-electron chi connectivity index (χ4n) is 2.04. The van der Waals surface area contributed by atoms with Crippen LogP contribution in [0.1, 0.15) is 10.4 Å². The van der Waals surface area contributed by atoms with E-state index in [2.05, 4.69) is 26.0 Å². The SMILES string of the molecule is COc1cc(C(=O)OCC(=O)Nc2c(F)cc(F)cc2Br)ccc1OC(F)F. The lowest BCUT2D eigenvalue weighted by atomic mass is 10.2. The van der Waals surface area contributed by atoms with Crippen LogP contribution in [0.4, 0.5) is 23.2 Å². The van der Waals surface area contributed by atoms with E-state index in [0.717, 1.165) is 24.3 Å². The lowest BCUT2D eigenvalue weighted by Gasteiger charge is -2.12. The molecule has 0 unspecified atom stereocenters. The molecule has 2 aromatic rings. The number of hydrogen-bond acceptors (Lipinski definition) is 5. The molecule has 0 aliphatic rings. The Labute approximate surface area is 164 Å². The number of halogens is 5. The molecule has 0 aliphatic heterocycles. The van der Waals surface area contributed by atoms with E-state index in [1.54, 1.807) is 0 Å². The summed E-state index contributed by atoms with van der Waals surface area (Å²) in [4.78, 5) is 23.8. The Morgan fingerprint density at radius 1 is 1.14 bits per heavy atom. The third kappa shape index (κ3) is 5.59. The van der Waals surface area contributed by atoms with Gasteiger partial charge in [0.1, 0.15) is 5.82 Å². The van der Waals surface area contributed by atoms with Crippen molar-refractivity contribution in [2.75, 3.05) is 19.0 Å². The van der Waals surface area contributed by atoms with Gasteiger partial charge in [-0.2, -0.15) is 8.78 Å². The molecule has 0 spiro atoms. The van der Waals surface area contributed by atoms with Crippen molar-refractivity contribution >= 4 is 33.5 Å². The van der Waals surface area contributed by atoms with Gasteiger partial charge in [-0.05, 0) is 40.2 Å². The monoisotopic (exact) mass is 465 g/mol. The Balaban J connectivity index is 2.01. The highest BCUT2D eigenvalue weighted by atomic mass is 79.9. The van der Waals surface area contributed by atoms with E-state index in [1.807, 2.05) is 0 Å². The molecular formula is C17H12BrF4NO5. The van der Waals surface area contributed by atoms with E-state index < -0.39 is 36.7 Å². The minimum Gasteiger partial charge on any atom is -0.493 e. The van der Waals surface area contributed by atoms with E-state index in [4.69, 9.17) is 9.47 Å². The fourth-order valence-corrected chi connectivity index (χ4v) is 2.55. The van der Waals surface area contributed by atoms with Gasteiger partial charge in [-0.3, -0.25) is 4.79 Å². The maximum Gasteiger partial charge on any atom is 0.387 e. The molecule has 0 aromatic heterocycles. The number of alkyl halides is 2. The average Bonchev–Trinajstić information content (AvgIpc) is 2.62. The zero-order chi connectivity index (χ0) is 20.8. The van der Waals surface area contributed by atoms with Crippen LogP contribution in [0.25, 0.3) is 0 Å². The quantitative estimate of drug-likeness (QED) is 0.491. The molecule has 6 nitrogen and oxygen atoms in total. The Morgan fingerprint density at radius 2 is 1.86 bits per heavy atom. The molecule has 28 heavy (non-hydrogen) atoms. The minimum absolute atomic E-state index is 0.0379. The average molecular weight is 466 g/mol. The van der Waals surface area contributed by atoms with Crippen molar-refractivity contribution in [3.63, 3.8) is 0 Å². The number of methoxy groups -OCH3 is 1. The first-order chi connectivity index (χ1) is 13.2. The van der Waals surface area contributed by atoms with Crippen molar-refractivity contribution in [3.05, 3.63) is 52.0 Å². The van der Waals surface area contributed by atoms with Gasteiger partial charge in [-0.15, -0.1) is 0 Å². The number of nitrogens with one attached hydrogen (secondary N) is 1. The van der Waals surface area contributed by atoms with Gasteiger partial charge in [-0.1, -0.05) is 0 Å². The highest BCUT2D eigenvalue weighted by Gasteiger charge is 2.17. The largest absolute Gasteiger partial charge is 0.493 e. The zero-order valence-corrected chi connectivity index (χ0v) is 15.7. The van der Waals surface area contributed by atoms with Crippen molar-refractivity contribution in [1.29, 1.82) is 0 Å². The summed E-state index contributed by atoms with van der Waals surface area (Å²) in [7, 11) is 1.19. The van der Waals surface area contributed by atoms with Crippen LogP contribution in [0.15, 0.2) is 34.8 Å². The molecule has 2 rings (SSSR count). The zero-order valence-electron chi connectivity index (χ0n) is 14.1. The first-order valence-corrected chi connectivity index (χ1v) is 8.25. The molecule has 0 heterocycles. The second-order valence-corrected chi connectivity index (χ2v) is 5.97. The van der Waals surface area contributed by atoms with Crippen LogP contribution in [-0.4, -0.2) is 32.2 Å². The van der Waals surface area contributed by atoms with E-state index in [9.17, 15) is 27.2 Å². The Bertz CT molecular complexity index is 871. The molecule has 150 valence electrons. The minimum atomic E-state index is -3.08. The molecule has 11 heteroatoms. The maximum atomic E-state index is 13.7. The van der Waals surface area contributed by atoms with Gasteiger partial charge >= 0.3 is 12.6 Å². The predicted molar refractivity (Wildman–Crippen MR) is 92.6 cm³/mol.